The summed E-state index contributed by atoms with van der Waals surface area (Å²) < 4.78 is 6.07. The van der Waals surface area contributed by atoms with Crippen LogP contribution >= 0.6 is 0 Å². The van der Waals surface area contributed by atoms with Gasteiger partial charge in [-0.2, -0.15) is 0 Å². The fraction of sp³-hybridized carbons (Fsp3) is 0.640. The molecule has 0 radical (unpaired) electrons. The molecule has 0 unspecified atom stereocenters. The van der Waals surface area contributed by atoms with E-state index in [1.165, 1.54) is 32.1 Å². The molecule has 4 aliphatic carbocycles. The molecule has 1 saturated heterocycles. The number of benzene rings is 1. The Bertz CT molecular complexity index is 886. The topological polar surface area (TPSA) is 87.7 Å². The van der Waals surface area contributed by atoms with Crippen LogP contribution in [0.4, 0.5) is 11.4 Å². The lowest BCUT2D eigenvalue weighted by Gasteiger charge is -2.60. The molecule has 3 amide bonds. The summed E-state index contributed by atoms with van der Waals surface area (Å²) in [5, 5.41) is 5.56. The van der Waals surface area contributed by atoms with Crippen LogP contribution in [0.5, 0.6) is 0 Å². The van der Waals surface area contributed by atoms with Crippen LogP contribution in [0.25, 0.3) is 0 Å². The zero-order valence-corrected chi connectivity index (χ0v) is 18.8. The smallest absolute Gasteiger partial charge is 0.313 e. The predicted octanol–water partition coefficient (Wildman–Crippen LogP) is 3.10. The van der Waals surface area contributed by atoms with Crippen molar-refractivity contribution in [2.45, 2.75) is 57.0 Å². The van der Waals surface area contributed by atoms with Crippen LogP contribution in [0.2, 0.25) is 0 Å². The number of carbonyl (C=O) groups is 3. The van der Waals surface area contributed by atoms with E-state index in [9.17, 15) is 14.4 Å². The van der Waals surface area contributed by atoms with Crippen LogP contribution in [0, 0.1) is 23.7 Å². The van der Waals surface area contributed by atoms with Gasteiger partial charge in [0, 0.05) is 38.0 Å². The molecule has 7 nitrogen and oxygen atoms in total. The molecule has 1 aliphatic heterocycles. The minimum Gasteiger partial charge on any atom is -0.376 e. The highest BCUT2D eigenvalue weighted by molar-refractivity contribution is 6.39. The molecule has 0 aromatic heterocycles. The van der Waals surface area contributed by atoms with E-state index in [4.69, 9.17) is 4.74 Å². The highest BCUT2D eigenvalue weighted by atomic mass is 16.5. The zero-order chi connectivity index (χ0) is 22.3. The predicted molar refractivity (Wildman–Crippen MR) is 121 cm³/mol. The summed E-state index contributed by atoms with van der Waals surface area (Å²) in [4.78, 5) is 39.2. The second kappa shape index (κ2) is 8.50. The molecule has 1 aromatic rings. The van der Waals surface area contributed by atoms with Gasteiger partial charge in [-0.1, -0.05) is 6.07 Å². The lowest BCUT2D eigenvalue weighted by Crippen LogP contribution is -2.63. The van der Waals surface area contributed by atoms with Crippen molar-refractivity contribution >= 4 is 29.1 Å². The van der Waals surface area contributed by atoms with Crippen molar-refractivity contribution in [1.29, 1.82) is 0 Å². The lowest BCUT2D eigenvalue weighted by molar-refractivity contribution is -0.188. The van der Waals surface area contributed by atoms with Crippen molar-refractivity contribution in [3.8, 4) is 0 Å². The van der Waals surface area contributed by atoms with E-state index in [2.05, 4.69) is 10.6 Å². The summed E-state index contributed by atoms with van der Waals surface area (Å²) in [6, 6.07) is 7.13. The first-order valence-electron chi connectivity index (χ1n) is 12.0. The summed E-state index contributed by atoms with van der Waals surface area (Å²) in [6.07, 6.45) is 8.46. The van der Waals surface area contributed by atoms with Gasteiger partial charge in [-0.25, -0.2) is 0 Å². The summed E-state index contributed by atoms with van der Waals surface area (Å²) in [5.41, 5.74) is 0.912. The van der Waals surface area contributed by atoms with Crippen molar-refractivity contribution in [3.63, 3.8) is 0 Å². The third-order valence-corrected chi connectivity index (χ3v) is 8.37. The molecule has 4 saturated carbocycles. The quantitative estimate of drug-likeness (QED) is 0.690. The van der Waals surface area contributed by atoms with Crippen LogP contribution in [0.1, 0.15) is 51.4 Å². The molecule has 1 aromatic carbocycles. The van der Waals surface area contributed by atoms with Gasteiger partial charge in [0.25, 0.3) is 0 Å². The van der Waals surface area contributed by atoms with Gasteiger partial charge in [0.2, 0.25) is 5.91 Å². The molecule has 5 aliphatic rings. The number of hydrogen-bond acceptors (Lipinski definition) is 4. The van der Waals surface area contributed by atoms with Gasteiger partial charge in [-0.05, 0) is 86.8 Å². The molecule has 4 bridgehead atoms. The first kappa shape index (κ1) is 21.4. The van der Waals surface area contributed by atoms with Gasteiger partial charge in [0.1, 0.15) is 0 Å². The Morgan fingerprint density at radius 3 is 2.44 bits per heavy atom. The molecule has 0 spiro atoms. The van der Waals surface area contributed by atoms with Gasteiger partial charge in [-0.3, -0.25) is 14.4 Å². The third kappa shape index (κ3) is 3.81. The van der Waals surface area contributed by atoms with Crippen LogP contribution in [-0.4, -0.2) is 43.5 Å². The molecular weight excluding hydrogens is 406 g/mol. The summed E-state index contributed by atoms with van der Waals surface area (Å²) in [6.45, 7) is 1.06. The van der Waals surface area contributed by atoms with Crippen molar-refractivity contribution in [2.24, 2.45) is 23.7 Å². The Morgan fingerprint density at radius 2 is 1.78 bits per heavy atom. The third-order valence-electron chi connectivity index (χ3n) is 8.37. The van der Waals surface area contributed by atoms with Crippen molar-refractivity contribution < 1.29 is 19.1 Å². The molecule has 1 heterocycles. The highest BCUT2D eigenvalue weighted by Crippen LogP contribution is 2.59. The number of methoxy groups -OCH3 is 1. The number of amides is 3. The van der Waals surface area contributed by atoms with E-state index in [1.54, 1.807) is 30.2 Å². The fourth-order valence-electron chi connectivity index (χ4n) is 6.99. The first-order chi connectivity index (χ1) is 15.5. The minimum atomic E-state index is -0.692. The van der Waals surface area contributed by atoms with E-state index < -0.39 is 11.8 Å². The van der Waals surface area contributed by atoms with Gasteiger partial charge < -0.3 is 20.3 Å². The monoisotopic (exact) mass is 439 g/mol. The normalized spacial score (nSPS) is 33.3. The first-order valence-corrected chi connectivity index (χ1v) is 12.0. The maximum absolute atomic E-state index is 12.6. The molecule has 5 fully saturated rings. The largest absolute Gasteiger partial charge is 0.376 e. The van der Waals surface area contributed by atoms with Crippen molar-refractivity contribution in [3.05, 3.63) is 24.3 Å². The summed E-state index contributed by atoms with van der Waals surface area (Å²) in [5.74, 6) is 1.30. The standard InChI is InChI=1S/C25H33N3O4/c1-32-25(18-10-16-9-17(12-18)13-19(25)11-16)15-26-23(30)24(31)27-20-5-4-6-21(14-20)28-8-3-2-7-22(28)29/h4-6,14,16-19H,2-3,7-13,15H2,1H3,(H,26,30)(H,27,31). The SMILES string of the molecule is COC1(CNC(=O)C(=O)Nc2cccc(N3CCCCC3=O)c2)C2CC3CC(C2)CC1C3. The Hall–Kier alpha value is -2.41. The summed E-state index contributed by atoms with van der Waals surface area (Å²) >= 11 is 0. The Labute approximate surface area is 189 Å². The Kier molecular flexibility index (Phi) is 5.70. The molecule has 0 atom stereocenters. The van der Waals surface area contributed by atoms with Crippen LogP contribution in [0.3, 0.4) is 0 Å². The molecule has 6 rings (SSSR count). The molecule has 172 valence electrons. The molecule has 2 N–H and O–H groups in total. The molecular formula is C25H33N3O4. The van der Waals surface area contributed by atoms with E-state index in [-0.39, 0.29) is 11.5 Å². The summed E-state index contributed by atoms with van der Waals surface area (Å²) in [7, 11) is 1.75. The Morgan fingerprint density at radius 1 is 1.06 bits per heavy atom. The number of nitrogens with zero attached hydrogens (tertiary/aromatic N) is 1. The second-order valence-corrected chi connectivity index (χ2v) is 10.2. The molecule has 7 heteroatoms. The lowest BCUT2D eigenvalue weighted by atomic mass is 9.49. The number of piperidine rings is 1. The van der Waals surface area contributed by atoms with Gasteiger partial charge >= 0.3 is 11.8 Å². The molecule has 32 heavy (non-hydrogen) atoms. The fourth-order valence-corrected chi connectivity index (χ4v) is 6.99. The van der Waals surface area contributed by atoms with Crippen molar-refractivity contribution in [2.75, 3.05) is 30.4 Å². The second-order valence-electron chi connectivity index (χ2n) is 10.2. The van der Waals surface area contributed by atoms with E-state index >= 15 is 0 Å². The number of ether oxygens (including phenoxy) is 1. The average Bonchev–Trinajstić information content (AvgIpc) is 2.79. The number of hydrogen-bond donors (Lipinski definition) is 2. The number of carbonyl (C=O) groups excluding carboxylic acids is 3. The van der Waals surface area contributed by atoms with Gasteiger partial charge in [0.15, 0.2) is 0 Å². The van der Waals surface area contributed by atoms with Gasteiger partial charge in [0.05, 0.1) is 5.60 Å². The number of rotatable bonds is 5. The van der Waals surface area contributed by atoms with Gasteiger partial charge in [-0.15, -0.1) is 0 Å². The van der Waals surface area contributed by atoms with Crippen LogP contribution in [-0.2, 0) is 19.1 Å². The maximum atomic E-state index is 12.6. The Balaban J connectivity index is 1.21. The van der Waals surface area contributed by atoms with Crippen LogP contribution in [0.15, 0.2) is 24.3 Å². The maximum Gasteiger partial charge on any atom is 0.313 e. The van der Waals surface area contributed by atoms with E-state index in [0.29, 0.717) is 37.0 Å². The minimum absolute atomic E-state index is 0.0954. The van der Waals surface area contributed by atoms with E-state index in [0.717, 1.165) is 30.4 Å². The highest BCUT2D eigenvalue weighted by Gasteiger charge is 2.57. The van der Waals surface area contributed by atoms with Crippen LogP contribution < -0.4 is 15.5 Å². The number of nitrogens with one attached hydrogen (secondary N) is 2. The number of anilines is 2. The zero-order valence-electron chi connectivity index (χ0n) is 18.8. The average molecular weight is 440 g/mol. The van der Waals surface area contributed by atoms with E-state index in [1.807, 2.05) is 6.07 Å². The van der Waals surface area contributed by atoms with Crippen molar-refractivity contribution in [1.82, 2.24) is 5.32 Å².